The number of amides is 1. The normalized spacial score (nSPS) is 11.6. The lowest BCUT2D eigenvalue weighted by atomic mass is 10.2. The number of aromatic nitrogens is 2. The molecule has 0 aliphatic heterocycles. The van der Waals surface area contributed by atoms with E-state index in [1.165, 1.54) is 26.4 Å². The highest BCUT2D eigenvalue weighted by Crippen LogP contribution is 2.19. The van der Waals surface area contributed by atoms with Crippen LogP contribution in [-0.2, 0) is 23.1 Å². The molecule has 0 radical (unpaired) electrons. The topological polar surface area (TPSA) is 84.3 Å². The van der Waals surface area contributed by atoms with Crippen LogP contribution in [0.4, 0.5) is 0 Å². The van der Waals surface area contributed by atoms with Crippen LogP contribution in [0.25, 0.3) is 0 Å². The third-order valence-corrected chi connectivity index (χ3v) is 6.64. The lowest BCUT2D eigenvalue weighted by molar-refractivity contribution is 0.0950. The van der Waals surface area contributed by atoms with Gasteiger partial charge in [0.2, 0.25) is 10.0 Å². The van der Waals surface area contributed by atoms with Gasteiger partial charge in [-0.3, -0.25) is 9.48 Å². The van der Waals surface area contributed by atoms with Crippen LogP contribution in [0.3, 0.4) is 0 Å². The monoisotopic (exact) mass is 432 g/mol. The van der Waals surface area contributed by atoms with Crippen molar-refractivity contribution >= 4 is 27.5 Å². The Kier molecular flexibility index (Phi) is 6.36. The summed E-state index contributed by atoms with van der Waals surface area (Å²) in [6, 6.07) is 14.0. The van der Waals surface area contributed by atoms with E-state index in [9.17, 15) is 13.2 Å². The number of carbonyl (C=O) groups is 1. The molecule has 3 rings (SSSR count). The lowest BCUT2D eigenvalue weighted by Crippen LogP contribution is -2.27. The van der Waals surface area contributed by atoms with Crippen LogP contribution < -0.4 is 5.32 Å². The molecule has 0 saturated heterocycles. The van der Waals surface area contributed by atoms with Crippen molar-refractivity contribution in [3.05, 3.63) is 82.6 Å². The molecule has 0 aliphatic rings. The minimum absolute atomic E-state index is 0.0811. The molecule has 1 heterocycles. The van der Waals surface area contributed by atoms with Gasteiger partial charge in [-0.1, -0.05) is 48.0 Å². The Hall–Kier alpha value is -2.68. The molecule has 0 atom stereocenters. The summed E-state index contributed by atoms with van der Waals surface area (Å²) in [5, 5.41) is 7.59. The number of sulfonamides is 1. The van der Waals surface area contributed by atoms with E-state index in [-0.39, 0.29) is 17.3 Å². The molecule has 29 heavy (non-hydrogen) atoms. The van der Waals surface area contributed by atoms with Crippen LogP contribution in [-0.4, -0.2) is 42.5 Å². The minimum Gasteiger partial charge on any atom is -0.348 e. The van der Waals surface area contributed by atoms with Gasteiger partial charge in [0.05, 0.1) is 23.2 Å². The van der Waals surface area contributed by atoms with Crippen molar-refractivity contribution in [3.8, 4) is 0 Å². The maximum atomic E-state index is 12.5. The molecule has 0 aliphatic carbocycles. The number of halogens is 1. The molecule has 1 amide bonds. The maximum absolute atomic E-state index is 12.5. The molecule has 152 valence electrons. The van der Waals surface area contributed by atoms with E-state index in [1.807, 2.05) is 18.2 Å². The second kappa shape index (κ2) is 8.77. The Morgan fingerprint density at radius 1 is 1.10 bits per heavy atom. The Morgan fingerprint density at radius 2 is 1.76 bits per heavy atom. The fourth-order valence-corrected chi connectivity index (χ4v) is 4.06. The van der Waals surface area contributed by atoms with Crippen molar-refractivity contribution in [2.24, 2.45) is 0 Å². The van der Waals surface area contributed by atoms with Crippen LogP contribution in [0, 0.1) is 0 Å². The predicted octanol–water partition coefficient (Wildman–Crippen LogP) is 2.77. The first-order chi connectivity index (χ1) is 13.8. The molecule has 1 aromatic heterocycles. The Balaban J connectivity index is 1.70. The van der Waals surface area contributed by atoms with Crippen molar-refractivity contribution in [2.75, 3.05) is 14.1 Å². The average Bonchev–Trinajstić information content (AvgIpc) is 3.16. The molecule has 3 aromatic rings. The van der Waals surface area contributed by atoms with E-state index in [0.29, 0.717) is 22.7 Å². The highest BCUT2D eigenvalue weighted by Gasteiger charge is 2.21. The average molecular weight is 433 g/mol. The summed E-state index contributed by atoms with van der Waals surface area (Å²) in [7, 11) is -0.661. The van der Waals surface area contributed by atoms with Crippen molar-refractivity contribution in [1.82, 2.24) is 19.4 Å². The number of hydrogen-bond acceptors (Lipinski definition) is 4. The van der Waals surface area contributed by atoms with Crippen molar-refractivity contribution in [2.45, 2.75) is 18.0 Å². The number of hydrogen-bond donors (Lipinski definition) is 1. The molecule has 0 bridgehead atoms. The molecule has 0 fully saturated rings. The Bertz CT molecular complexity index is 1130. The van der Waals surface area contributed by atoms with Crippen molar-refractivity contribution < 1.29 is 13.2 Å². The van der Waals surface area contributed by atoms with Gasteiger partial charge in [0.1, 0.15) is 0 Å². The van der Waals surface area contributed by atoms with Crippen LogP contribution >= 0.6 is 11.6 Å². The number of rotatable bonds is 7. The number of nitrogens with zero attached hydrogens (tertiary/aromatic N) is 3. The highest BCUT2D eigenvalue weighted by molar-refractivity contribution is 7.89. The molecule has 9 heteroatoms. The molecule has 0 saturated carbocycles. The SMILES string of the molecule is CN(C)S(=O)(=O)c1ccccc1CNC(=O)c1cnn(Cc2ccccc2Cl)c1. The summed E-state index contributed by atoms with van der Waals surface area (Å²) in [5.41, 5.74) is 1.79. The van der Waals surface area contributed by atoms with Gasteiger partial charge in [-0.05, 0) is 23.3 Å². The third-order valence-electron chi connectivity index (χ3n) is 4.36. The summed E-state index contributed by atoms with van der Waals surface area (Å²) < 4.78 is 27.7. The third kappa shape index (κ3) is 4.84. The second-order valence-electron chi connectivity index (χ2n) is 6.60. The number of nitrogens with one attached hydrogen (secondary N) is 1. The van der Waals surface area contributed by atoms with E-state index in [1.54, 1.807) is 35.1 Å². The van der Waals surface area contributed by atoms with Crippen LogP contribution in [0.1, 0.15) is 21.5 Å². The van der Waals surface area contributed by atoms with Gasteiger partial charge in [0, 0.05) is 31.9 Å². The molecular formula is C20H21ClN4O3S. The quantitative estimate of drug-likeness (QED) is 0.622. The molecule has 2 aromatic carbocycles. The zero-order valence-corrected chi connectivity index (χ0v) is 17.6. The molecular weight excluding hydrogens is 412 g/mol. The predicted molar refractivity (Wildman–Crippen MR) is 111 cm³/mol. The molecule has 0 spiro atoms. The molecule has 7 nitrogen and oxygen atoms in total. The zero-order chi connectivity index (χ0) is 21.0. The van der Waals surface area contributed by atoms with Gasteiger partial charge >= 0.3 is 0 Å². The number of carbonyl (C=O) groups excluding carboxylic acids is 1. The first-order valence-electron chi connectivity index (χ1n) is 8.83. The van der Waals surface area contributed by atoms with Crippen LogP contribution in [0.5, 0.6) is 0 Å². The molecule has 0 unspecified atom stereocenters. The van der Waals surface area contributed by atoms with E-state index < -0.39 is 10.0 Å². The second-order valence-corrected chi connectivity index (χ2v) is 9.12. The van der Waals surface area contributed by atoms with Crippen LogP contribution in [0.15, 0.2) is 65.8 Å². The van der Waals surface area contributed by atoms with Gasteiger partial charge in [0.25, 0.3) is 5.91 Å². The summed E-state index contributed by atoms with van der Waals surface area (Å²) in [5.74, 6) is -0.340. The van der Waals surface area contributed by atoms with Crippen molar-refractivity contribution in [1.29, 1.82) is 0 Å². The van der Waals surface area contributed by atoms with Gasteiger partial charge in [-0.2, -0.15) is 5.10 Å². The summed E-state index contributed by atoms with van der Waals surface area (Å²) in [4.78, 5) is 12.7. The highest BCUT2D eigenvalue weighted by atomic mass is 35.5. The van der Waals surface area contributed by atoms with Gasteiger partial charge in [-0.15, -0.1) is 0 Å². The van der Waals surface area contributed by atoms with Gasteiger partial charge in [0.15, 0.2) is 0 Å². The van der Waals surface area contributed by atoms with Crippen molar-refractivity contribution in [3.63, 3.8) is 0 Å². The first kappa shape index (κ1) is 21.0. The van der Waals surface area contributed by atoms with Gasteiger partial charge in [-0.25, -0.2) is 12.7 Å². The fourth-order valence-electron chi connectivity index (χ4n) is 2.74. The molecule has 1 N–H and O–H groups in total. The van der Waals surface area contributed by atoms with E-state index in [4.69, 9.17) is 11.6 Å². The van der Waals surface area contributed by atoms with E-state index in [0.717, 1.165) is 9.87 Å². The van der Waals surface area contributed by atoms with E-state index in [2.05, 4.69) is 10.4 Å². The zero-order valence-electron chi connectivity index (χ0n) is 16.0. The fraction of sp³-hybridized carbons (Fsp3) is 0.200. The van der Waals surface area contributed by atoms with Crippen LogP contribution in [0.2, 0.25) is 5.02 Å². The largest absolute Gasteiger partial charge is 0.348 e. The van der Waals surface area contributed by atoms with Gasteiger partial charge < -0.3 is 5.32 Å². The minimum atomic E-state index is -3.60. The van der Waals surface area contributed by atoms with E-state index >= 15 is 0 Å². The first-order valence-corrected chi connectivity index (χ1v) is 10.7. The number of benzene rings is 2. The summed E-state index contributed by atoms with van der Waals surface area (Å²) in [6.45, 7) is 0.522. The smallest absolute Gasteiger partial charge is 0.254 e. The Labute approximate surface area is 175 Å². The lowest BCUT2D eigenvalue weighted by Gasteiger charge is -2.15. The Morgan fingerprint density at radius 3 is 2.45 bits per heavy atom. The standard InChI is InChI=1S/C20H21ClN4O3S/c1-24(2)29(27,28)19-10-6-4-7-15(19)11-22-20(26)17-12-23-25(14-17)13-16-8-3-5-9-18(16)21/h3-10,12,14H,11,13H2,1-2H3,(H,22,26). The summed E-state index contributed by atoms with van der Waals surface area (Å²) in [6.07, 6.45) is 3.09. The summed E-state index contributed by atoms with van der Waals surface area (Å²) >= 11 is 6.16. The maximum Gasteiger partial charge on any atom is 0.254 e.